The van der Waals surface area contributed by atoms with E-state index in [-0.39, 0.29) is 0 Å². The summed E-state index contributed by atoms with van der Waals surface area (Å²) in [6.07, 6.45) is 5.67. The molecule has 0 aliphatic heterocycles. The quantitative estimate of drug-likeness (QED) is 0.729. The van der Waals surface area contributed by atoms with Gasteiger partial charge in [-0.25, -0.2) is 0 Å². The summed E-state index contributed by atoms with van der Waals surface area (Å²) >= 11 is 1.99. The number of hydrogen-bond donors (Lipinski definition) is 0. The molecule has 0 saturated heterocycles. The first kappa shape index (κ1) is 13.3. The smallest absolute Gasteiger partial charge is 0.120 e. The van der Waals surface area contributed by atoms with Crippen LogP contribution in [0.25, 0.3) is 0 Å². The molecule has 0 spiro atoms. The predicted molar refractivity (Wildman–Crippen MR) is 75.9 cm³/mol. The van der Waals surface area contributed by atoms with E-state index < -0.39 is 0 Å². The third-order valence-corrected chi connectivity index (χ3v) is 4.45. The largest absolute Gasteiger partial charge is 0.493 e. The first-order valence-corrected chi connectivity index (χ1v) is 7.74. The van der Waals surface area contributed by atoms with Crippen molar-refractivity contribution in [1.29, 1.82) is 5.26 Å². The average molecular weight is 261 g/mol. The van der Waals surface area contributed by atoms with Crippen LogP contribution in [-0.4, -0.2) is 18.1 Å². The van der Waals surface area contributed by atoms with Crippen LogP contribution >= 0.6 is 11.8 Å². The molecule has 0 bridgehead atoms. The van der Waals surface area contributed by atoms with Crippen LogP contribution in [0.4, 0.5) is 0 Å². The molecule has 2 nitrogen and oxygen atoms in total. The highest BCUT2D eigenvalue weighted by Gasteiger charge is 2.14. The van der Waals surface area contributed by atoms with Crippen molar-refractivity contribution < 1.29 is 4.74 Å². The summed E-state index contributed by atoms with van der Waals surface area (Å²) in [5.74, 6) is 4.06. The summed E-state index contributed by atoms with van der Waals surface area (Å²) in [4.78, 5) is 0. The van der Waals surface area contributed by atoms with Gasteiger partial charge < -0.3 is 4.74 Å². The number of rotatable bonds is 6. The molecule has 18 heavy (non-hydrogen) atoms. The lowest BCUT2D eigenvalue weighted by molar-refractivity contribution is 0.344. The van der Waals surface area contributed by atoms with E-state index >= 15 is 0 Å². The number of benzene rings is 1. The van der Waals surface area contributed by atoms with Gasteiger partial charge in [0.25, 0.3) is 0 Å². The molecule has 0 atom stereocenters. The van der Waals surface area contributed by atoms with E-state index in [1.165, 1.54) is 31.4 Å². The molecule has 0 radical (unpaired) electrons. The fourth-order valence-corrected chi connectivity index (χ4v) is 3.34. The number of thioether (sulfide) groups is 1. The van der Waals surface area contributed by atoms with Crippen LogP contribution in [-0.2, 0) is 0 Å². The Morgan fingerprint density at radius 1 is 1.33 bits per heavy atom. The second kappa shape index (κ2) is 7.33. The zero-order valence-electron chi connectivity index (χ0n) is 10.6. The molecular formula is C15H19NOS. The summed E-state index contributed by atoms with van der Waals surface area (Å²) in [6.45, 7) is 0.728. The Balaban J connectivity index is 1.61. The van der Waals surface area contributed by atoms with Gasteiger partial charge in [0.1, 0.15) is 5.75 Å². The maximum absolute atomic E-state index is 8.78. The number of nitriles is 1. The summed E-state index contributed by atoms with van der Waals surface area (Å²) < 4.78 is 5.64. The molecule has 3 heteroatoms. The van der Waals surface area contributed by atoms with E-state index in [0.717, 1.165) is 24.0 Å². The highest BCUT2D eigenvalue weighted by atomic mass is 32.2. The van der Waals surface area contributed by atoms with E-state index in [9.17, 15) is 0 Å². The number of ether oxygens (including phenoxy) is 1. The minimum atomic E-state index is 0.658. The predicted octanol–water partition coefficient (Wildman–Crippen LogP) is 3.86. The van der Waals surface area contributed by atoms with Crippen LogP contribution in [0.15, 0.2) is 24.3 Å². The van der Waals surface area contributed by atoms with Gasteiger partial charge in [0.15, 0.2) is 0 Å². The van der Waals surface area contributed by atoms with Crippen molar-refractivity contribution in [3.05, 3.63) is 29.8 Å². The van der Waals surface area contributed by atoms with Crippen molar-refractivity contribution in [2.75, 3.05) is 18.1 Å². The van der Waals surface area contributed by atoms with Crippen LogP contribution in [0.5, 0.6) is 5.75 Å². The Kier molecular flexibility index (Phi) is 5.41. The van der Waals surface area contributed by atoms with Gasteiger partial charge in [0.2, 0.25) is 0 Å². The first-order valence-electron chi connectivity index (χ1n) is 6.59. The third-order valence-electron chi connectivity index (χ3n) is 3.29. The Morgan fingerprint density at radius 2 is 2.17 bits per heavy atom. The van der Waals surface area contributed by atoms with Gasteiger partial charge >= 0.3 is 0 Å². The average Bonchev–Trinajstić information content (AvgIpc) is 2.92. The van der Waals surface area contributed by atoms with Crippen molar-refractivity contribution >= 4 is 11.8 Å². The van der Waals surface area contributed by atoms with E-state index in [2.05, 4.69) is 6.07 Å². The lowest BCUT2D eigenvalue weighted by atomic mass is 10.1. The van der Waals surface area contributed by atoms with E-state index in [0.29, 0.717) is 5.56 Å². The summed E-state index contributed by atoms with van der Waals surface area (Å²) in [6, 6.07) is 9.47. The molecule has 1 saturated carbocycles. The Labute approximate surface area is 113 Å². The lowest BCUT2D eigenvalue weighted by Gasteiger charge is -2.09. The molecule has 0 unspecified atom stereocenters. The van der Waals surface area contributed by atoms with Crippen molar-refractivity contribution in [3.63, 3.8) is 0 Å². The molecule has 0 N–H and O–H groups in total. The van der Waals surface area contributed by atoms with Gasteiger partial charge in [-0.1, -0.05) is 18.9 Å². The van der Waals surface area contributed by atoms with Gasteiger partial charge in [-0.2, -0.15) is 17.0 Å². The minimum Gasteiger partial charge on any atom is -0.493 e. The summed E-state index contributed by atoms with van der Waals surface area (Å²) in [7, 11) is 0. The molecule has 1 fully saturated rings. The first-order chi connectivity index (χ1) is 8.88. The van der Waals surface area contributed by atoms with Crippen molar-refractivity contribution in [2.24, 2.45) is 5.92 Å². The van der Waals surface area contributed by atoms with E-state index in [1.807, 2.05) is 23.9 Å². The van der Waals surface area contributed by atoms with Gasteiger partial charge in [-0.15, -0.1) is 0 Å². The molecule has 0 heterocycles. The minimum absolute atomic E-state index is 0.658. The number of hydrogen-bond acceptors (Lipinski definition) is 3. The fraction of sp³-hybridized carbons (Fsp3) is 0.533. The SMILES string of the molecule is N#Cc1cccc(OCCSCC2CCCC2)c1. The van der Waals surface area contributed by atoms with Gasteiger partial charge in [-0.3, -0.25) is 0 Å². The van der Waals surface area contributed by atoms with E-state index in [1.54, 1.807) is 12.1 Å². The van der Waals surface area contributed by atoms with E-state index in [4.69, 9.17) is 10.00 Å². The fourth-order valence-electron chi connectivity index (χ4n) is 2.30. The Hall–Kier alpha value is -1.14. The van der Waals surface area contributed by atoms with Crippen molar-refractivity contribution in [3.8, 4) is 11.8 Å². The van der Waals surface area contributed by atoms with Crippen LogP contribution in [0.3, 0.4) is 0 Å². The third kappa shape index (κ3) is 4.27. The Morgan fingerprint density at radius 3 is 2.94 bits per heavy atom. The van der Waals surface area contributed by atoms with Gasteiger partial charge in [0.05, 0.1) is 18.2 Å². The van der Waals surface area contributed by atoms with Crippen LogP contribution in [0, 0.1) is 17.2 Å². The van der Waals surface area contributed by atoms with Gasteiger partial charge in [0, 0.05) is 5.75 Å². The molecule has 1 aromatic carbocycles. The second-order valence-electron chi connectivity index (χ2n) is 4.71. The molecule has 1 aromatic rings. The molecule has 2 rings (SSSR count). The van der Waals surface area contributed by atoms with Gasteiger partial charge in [-0.05, 0) is 42.7 Å². The van der Waals surface area contributed by atoms with Crippen molar-refractivity contribution in [2.45, 2.75) is 25.7 Å². The normalized spacial score (nSPS) is 15.5. The molecule has 0 aromatic heterocycles. The standard InChI is InChI=1S/C15H19NOS/c16-11-14-6-3-7-15(10-14)17-8-9-18-12-13-4-1-2-5-13/h3,6-7,10,13H,1-2,4-5,8-9,12H2. The molecule has 1 aliphatic carbocycles. The van der Waals surface area contributed by atoms with Crippen LogP contribution in [0.2, 0.25) is 0 Å². The lowest BCUT2D eigenvalue weighted by Crippen LogP contribution is -2.03. The molecular weight excluding hydrogens is 242 g/mol. The monoisotopic (exact) mass is 261 g/mol. The Bertz CT molecular complexity index is 407. The topological polar surface area (TPSA) is 33.0 Å². The maximum atomic E-state index is 8.78. The molecule has 0 amide bonds. The second-order valence-corrected chi connectivity index (χ2v) is 5.86. The highest BCUT2D eigenvalue weighted by Crippen LogP contribution is 2.27. The number of nitrogens with zero attached hydrogens (tertiary/aromatic N) is 1. The zero-order chi connectivity index (χ0) is 12.6. The maximum Gasteiger partial charge on any atom is 0.120 e. The summed E-state index contributed by atoms with van der Waals surface area (Å²) in [5.41, 5.74) is 0.658. The highest BCUT2D eigenvalue weighted by molar-refractivity contribution is 7.99. The molecule has 1 aliphatic rings. The summed E-state index contributed by atoms with van der Waals surface area (Å²) in [5, 5.41) is 8.78. The van der Waals surface area contributed by atoms with Crippen molar-refractivity contribution in [1.82, 2.24) is 0 Å². The molecule has 96 valence electrons. The van der Waals surface area contributed by atoms with Crippen LogP contribution < -0.4 is 4.74 Å². The van der Waals surface area contributed by atoms with Crippen LogP contribution in [0.1, 0.15) is 31.2 Å². The zero-order valence-corrected chi connectivity index (χ0v) is 11.4.